The molecule has 0 aliphatic rings. The van der Waals surface area contributed by atoms with E-state index in [0.717, 1.165) is 11.3 Å². The highest BCUT2D eigenvalue weighted by Gasteiger charge is 2.19. The summed E-state index contributed by atoms with van der Waals surface area (Å²) in [5.41, 5.74) is 1.99. The SMILES string of the molecule is NNC(=O)c1ccc(C(O)C(O)CS)s1. The zero-order valence-electron chi connectivity index (χ0n) is 7.75. The van der Waals surface area contributed by atoms with E-state index in [1.54, 1.807) is 6.07 Å². The van der Waals surface area contributed by atoms with Crippen LogP contribution in [0.2, 0.25) is 0 Å². The molecule has 2 unspecified atom stereocenters. The van der Waals surface area contributed by atoms with Gasteiger partial charge in [-0.15, -0.1) is 11.3 Å². The van der Waals surface area contributed by atoms with E-state index in [1.165, 1.54) is 6.07 Å². The molecule has 0 aromatic carbocycles. The molecule has 0 fully saturated rings. The first-order valence-electron chi connectivity index (χ1n) is 4.17. The molecule has 1 aromatic rings. The van der Waals surface area contributed by atoms with E-state index in [0.29, 0.717) is 9.75 Å². The Morgan fingerprint density at radius 1 is 1.60 bits per heavy atom. The number of thiol groups is 1. The monoisotopic (exact) mass is 248 g/mol. The van der Waals surface area contributed by atoms with Crippen molar-refractivity contribution >= 4 is 29.9 Å². The van der Waals surface area contributed by atoms with E-state index >= 15 is 0 Å². The lowest BCUT2D eigenvalue weighted by molar-refractivity contribution is 0.0361. The van der Waals surface area contributed by atoms with Crippen LogP contribution in [0, 0.1) is 0 Å². The van der Waals surface area contributed by atoms with E-state index < -0.39 is 18.1 Å². The number of nitrogen functional groups attached to an aromatic ring is 1. The van der Waals surface area contributed by atoms with E-state index in [9.17, 15) is 15.0 Å². The van der Waals surface area contributed by atoms with Crippen LogP contribution in [0.4, 0.5) is 0 Å². The fourth-order valence-electron chi connectivity index (χ4n) is 0.994. The number of thiophene rings is 1. The second-order valence-electron chi connectivity index (χ2n) is 2.87. The lowest BCUT2D eigenvalue weighted by Crippen LogP contribution is -2.29. The normalized spacial score (nSPS) is 14.7. The molecule has 1 rings (SSSR count). The highest BCUT2D eigenvalue weighted by Crippen LogP contribution is 2.25. The van der Waals surface area contributed by atoms with Gasteiger partial charge in [0, 0.05) is 10.6 Å². The fourth-order valence-corrected chi connectivity index (χ4v) is 2.15. The molecule has 5 nitrogen and oxygen atoms in total. The molecule has 0 aliphatic heterocycles. The van der Waals surface area contributed by atoms with Gasteiger partial charge in [0.1, 0.15) is 6.10 Å². The zero-order chi connectivity index (χ0) is 11.4. The van der Waals surface area contributed by atoms with E-state index in [2.05, 4.69) is 12.6 Å². The molecule has 0 spiro atoms. The van der Waals surface area contributed by atoms with E-state index in [4.69, 9.17) is 5.84 Å². The van der Waals surface area contributed by atoms with Crippen LogP contribution in [-0.2, 0) is 0 Å². The van der Waals surface area contributed by atoms with Crippen LogP contribution < -0.4 is 11.3 Å². The number of carbonyl (C=O) groups is 1. The first-order chi connectivity index (χ1) is 7.10. The van der Waals surface area contributed by atoms with Crippen LogP contribution in [0.25, 0.3) is 0 Å². The summed E-state index contributed by atoms with van der Waals surface area (Å²) in [6.45, 7) is 0. The minimum atomic E-state index is -1.02. The Labute approximate surface area is 96.3 Å². The van der Waals surface area contributed by atoms with Crippen molar-refractivity contribution in [2.45, 2.75) is 12.2 Å². The third kappa shape index (κ3) is 2.93. The first kappa shape index (κ1) is 12.5. The van der Waals surface area contributed by atoms with Gasteiger partial charge in [0.15, 0.2) is 0 Å². The van der Waals surface area contributed by atoms with Crippen LogP contribution in [-0.4, -0.2) is 28.0 Å². The van der Waals surface area contributed by atoms with Gasteiger partial charge in [-0.2, -0.15) is 12.6 Å². The third-order valence-electron chi connectivity index (χ3n) is 1.82. The second-order valence-corrected chi connectivity index (χ2v) is 4.35. The number of amides is 1. The van der Waals surface area contributed by atoms with Crippen LogP contribution in [0.3, 0.4) is 0 Å². The number of hydrazine groups is 1. The molecular formula is C8H12N2O3S2. The Morgan fingerprint density at radius 2 is 2.27 bits per heavy atom. The largest absolute Gasteiger partial charge is 0.389 e. The maximum atomic E-state index is 11.1. The standard InChI is InChI=1S/C8H12N2O3S2/c9-10-8(13)6-2-1-5(15-6)7(12)4(11)3-14/h1-2,4,7,11-12,14H,3,9H2,(H,10,13). The van der Waals surface area contributed by atoms with Gasteiger partial charge in [-0.05, 0) is 12.1 Å². The summed E-state index contributed by atoms with van der Waals surface area (Å²) in [4.78, 5) is 12.0. The maximum absolute atomic E-state index is 11.1. The number of hydrogen-bond donors (Lipinski definition) is 5. The van der Waals surface area contributed by atoms with Crippen molar-refractivity contribution in [2.24, 2.45) is 5.84 Å². The lowest BCUT2D eigenvalue weighted by atomic mass is 10.2. The molecule has 1 aromatic heterocycles. The van der Waals surface area contributed by atoms with Gasteiger partial charge in [0.2, 0.25) is 0 Å². The summed E-state index contributed by atoms with van der Waals surface area (Å²) in [6.07, 6.45) is -1.97. The minimum absolute atomic E-state index is 0.150. The van der Waals surface area contributed by atoms with Gasteiger partial charge < -0.3 is 10.2 Å². The Hall–Kier alpha value is -0.600. The third-order valence-corrected chi connectivity index (χ3v) is 3.35. The highest BCUT2D eigenvalue weighted by atomic mass is 32.1. The smallest absolute Gasteiger partial charge is 0.275 e. The minimum Gasteiger partial charge on any atom is -0.389 e. The van der Waals surface area contributed by atoms with Crippen molar-refractivity contribution in [3.63, 3.8) is 0 Å². The molecule has 7 heteroatoms. The number of hydrogen-bond acceptors (Lipinski definition) is 6. The van der Waals surface area contributed by atoms with E-state index in [1.807, 2.05) is 5.43 Å². The molecule has 15 heavy (non-hydrogen) atoms. The van der Waals surface area contributed by atoms with Gasteiger partial charge in [-0.25, -0.2) is 5.84 Å². The average Bonchev–Trinajstić information content (AvgIpc) is 2.75. The summed E-state index contributed by atoms with van der Waals surface area (Å²) in [5.74, 6) is 4.69. The van der Waals surface area contributed by atoms with Crippen LogP contribution in [0.1, 0.15) is 20.7 Å². The topological polar surface area (TPSA) is 95.6 Å². The van der Waals surface area contributed by atoms with Crippen molar-refractivity contribution in [3.05, 3.63) is 21.9 Å². The Kier molecular flexibility index (Phi) is 4.55. The van der Waals surface area contributed by atoms with E-state index in [-0.39, 0.29) is 5.75 Å². The molecule has 0 aliphatic carbocycles. The van der Waals surface area contributed by atoms with Gasteiger partial charge in [-0.3, -0.25) is 10.2 Å². The molecule has 0 saturated heterocycles. The fraction of sp³-hybridized carbons (Fsp3) is 0.375. The number of nitrogens with two attached hydrogens (primary N) is 1. The molecular weight excluding hydrogens is 236 g/mol. The summed E-state index contributed by atoms with van der Waals surface area (Å²) < 4.78 is 0. The van der Waals surface area contributed by atoms with Crippen molar-refractivity contribution in [1.29, 1.82) is 0 Å². The average molecular weight is 248 g/mol. The first-order valence-corrected chi connectivity index (χ1v) is 5.62. The summed E-state index contributed by atoms with van der Waals surface area (Å²) in [7, 11) is 0. The predicted octanol–water partition coefficient (Wildman–Crippen LogP) is -0.324. The van der Waals surface area contributed by atoms with Gasteiger partial charge in [0.25, 0.3) is 5.91 Å². The van der Waals surface area contributed by atoms with Gasteiger partial charge in [0.05, 0.1) is 11.0 Å². The summed E-state index contributed by atoms with van der Waals surface area (Å²) >= 11 is 4.95. The van der Waals surface area contributed by atoms with Crippen molar-refractivity contribution in [1.82, 2.24) is 5.43 Å². The number of carbonyl (C=O) groups excluding carboxylic acids is 1. The Balaban J connectivity index is 2.79. The number of aliphatic hydroxyl groups is 2. The number of aliphatic hydroxyl groups excluding tert-OH is 2. The quantitative estimate of drug-likeness (QED) is 0.218. The number of rotatable bonds is 4. The molecule has 0 saturated carbocycles. The second kappa shape index (κ2) is 5.47. The summed E-state index contributed by atoms with van der Waals surface area (Å²) in [5, 5.41) is 18.9. The van der Waals surface area contributed by atoms with Crippen LogP contribution >= 0.6 is 24.0 Å². The predicted molar refractivity (Wildman–Crippen MR) is 60.8 cm³/mol. The molecule has 0 bridgehead atoms. The maximum Gasteiger partial charge on any atom is 0.275 e. The van der Waals surface area contributed by atoms with Crippen molar-refractivity contribution in [3.8, 4) is 0 Å². The molecule has 1 amide bonds. The molecule has 84 valence electrons. The van der Waals surface area contributed by atoms with Crippen LogP contribution in [0.5, 0.6) is 0 Å². The molecule has 1 heterocycles. The van der Waals surface area contributed by atoms with Crippen molar-refractivity contribution < 1.29 is 15.0 Å². The summed E-state index contributed by atoms with van der Waals surface area (Å²) in [6, 6.07) is 3.11. The Morgan fingerprint density at radius 3 is 2.80 bits per heavy atom. The molecule has 0 radical (unpaired) electrons. The highest BCUT2D eigenvalue weighted by molar-refractivity contribution is 7.80. The zero-order valence-corrected chi connectivity index (χ0v) is 9.46. The lowest BCUT2D eigenvalue weighted by Gasteiger charge is -2.13. The molecule has 5 N–H and O–H groups in total. The van der Waals surface area contributed by atoms with Crippen molar-refractivity contribution in [2.75, 3.05) is 5.75 Å². The molecule has 2 atom stereocenters. The van der Waals surface area contributed by atoms with Gasteiger partial charge in [-0.1, -0.05) is 0 Å². The van der Waals surface area contributed by atoms with Crippen LogP contribution in [0.15, 0.2) is 12.1 Å². The number of nitrogens with one attached hydrogen (secondary N) is 1. The Bertz CT molecular complexity index is 342. The van der Waals surface area contributed by atoms with Gasteiger partial charge >= 0.3 is 0 Å².